The fraction of sp³-hybridized carbons (Fsp3) is 0.417. The van der Waals surface area contributed by atoms with E-state index in [0.717, 1.165) is 19.4 Å². The number of aromatic nitrogens is 1. The first-order valence-electron chi connectivity index (χ1n) is 6.31. The predicted molar refractivity (Wildman–Crippen MR) is 73.0 cm³/mol. The molecule has 8 heteroatoms. The van der Waals surface area contributed by atoms with Crippen LogP contribution in [0.3, 0.4) is 0 Å². The van der Waals surface area contributed by atoms with Crippen LogP contribution in [-0.4, -0.2) is 32.5 Å². The molecule has 1 aromatic heterocycles. The minimum absolute atomic E-state index is 0.0215. The molecule has 2 atom stereocenters. The molecule has 0 radical (unpaired) electrons. The number of non-ortho nitro benzene ring substituents is 1. The molecule has 106 valence electrons. The topological polar surface area (TPSA) is 98.3 Å². The maximum Gasteiger partial charge on any atom is 0.288 e. The monoisotopic (exact) mass is 295 g/mol. The molecule has 0 bridgehead atoms. The molecule has 0 spiro atoms. The van der Waals surface area contributed by atoms with Crippen LogP contribution in [-0.2, 0) is 10.8 Å². The van der Waals surface area contributed by atoms with Gasteiger partial charge in [-0.3, -0.25) is 10.1 Å². The molecule has 0 amide bonds. The predicted octanol–water partition coefficient (Wildman–Crippen LogP) is 1.60. The van der Waals surface area contributed by atoms with Gasteiger partial charge in [0.25, 0.3) is 10.9 Å². The Balaban J connectivity index is 1.92. The summed E-state index contributed by atoms with van der Waals surface area (Å²) in [4.78, 5) is 14.4. The Hall–Kier alpha value is -1.80. The van der Waals surface area contributed by atoms with Crippen LogP contribution >= 0.6 is 0 Å². The van der Waals surface area contributed by atoms with Gasteiger partial charge in [0.05, 0.1) is 10.2 Å². The van der Waals surface area contributed by atoms with Gasteiger partial charge in [-0.15, -0.1) is 0 Å². The number of nitrogens with zero attached hydrogens (tertiary/aromatic N) is 2. The SMILES string of the molecule is O=[N+]([O-])c1ccc2oc([S@@](=O)[C@@H]3CCCNC3)nc2c1. The van der Waals surface area contributed by atoms with E-state index in [1.165, 1.54) is 18.2 Å². The molecule has 0 aliphatic carbocycles. The van der Waals surface area contributed by atoms with Crippen LogP contribution in [0.5, 0.6) is 0 Å². The first kappa shape index (κ1) is 13.2. The number of fused-ring (bicyclic) bond motifs is 1. The minimum Gasteiger partial charge on any atom is -0.430 e. The van der Waals surface area contributed by atoms with Gasteiger partial charge in [0, 0.05) is 18.7 Å². The lowest BCUT2D eigenvalue weighted by atomic mass is 10.2. The van der Waals surface area contributed by atoms with Crippen molar-refractivity contribution in [3.8, 4) is 0 Å². The second-order valence-corrected chi connectivity index (χ2v) is 6.27. The molecule has 1 N–H and O–H groups in total. The molecule has 2 aromatic rings. The van der Waals surface area contributed by atoms with E-state index < -0.39 is 15.7 Å². The zero-order chi connectivity index (χ0) is 14.1. The van der Waals surface area contributed by atoms with Crippen molar-refractivity contribution >= 4 is 27.6 Å². The highest BCUT2D eigenvalue weighted by atomic mass is 32.2. The Morgan fingerprint density at radius 3 is 3.05 bits per heavy atom. The van der Waals surface area contributed by atoms with E-state index in [2.05, 4.69) is 10.3 Å². The van der Waals surface area contributed by atoms with Gasteiger partial charge in [0.15, 0.2) is 5.58 Å². The molecular formula is C12H13N3O4S. The largest absolute Gasteiger partial charge is 0.430 e. The Bertz CT molecular complexity index is 678. The van der Waals surface area contributed by atoms with E-state index in [1.807, 2.05) is 0 Å². The molecule has 0 unspecified atom stereocenters. The van der Waals surface area contributed by atoms with Crippen molar-refractivity contribution in [1.82, 2.24) is 10.3 Å². The number of oxazole rings is 1. The summed E-state index contributed by atoms with van der Waals surface area (Å²) in [7, 11) is -1.33. The molecule has 1 aliphatic rings. The third-order valence-corrected chi connectivity index (χ3v) is 4.82. The van der Waals surface area contributed by atoms with Gasteiger partial charge < -0.3 is 9.73 Å². The van der Waals surface area contributed by atoms with Crippen LogP contribution in [0.4, 0.5) is 5.69 Å². The average Bonchev–Trinajstić information content (AvgIpc) is 2.90. The van der Waals surface area contributed by atoms with Crippen LogP contribution in [0.1, 0.15) is 12.8 Å². The maximum absolute atomic E-state index is 12.4. The molecule has 0 saturated carbocycles. The summed E-state index contributed by atoms with van der Waals surface area (Å²) in [5, 5.41) is 14.0. The van der Waals surface area contributed by atoms with Crippen molar-refractivity contribution in [2.45, 2.75) is 23.3 Å². The van der Waals surface area contributed by atoms with Gasteiger partial charge in [-0.25, -0.2) is 9.19 Å². The molecule has 1 saturated heterocycles. The van der Waals surface area contributed by atoms with E-state index >= 15 is 0 Å². The highest BCUT2D eigenvalue weighted by Crippen LogP contribution is 2.24. The highest BCUT2D eigenvalue weighted by molar-refractivity contribution is 7.85. The van der Waals surface area contributed by atoms with Gasteiger partial charge in [-0.2, -0.15) is 0 Å². The first-order chi connectivity index (χ1) is 9.65. The summed E-state index contributed by atoms with van der Waals surface area (Å²) >= 11 is 0. The van der Waals surface area contributed by atoms with E-state index in [1.54, 1.807) is 0 Å². The number of piperidine rings is 1. The summed E-state index contributed by atoms with van der Waals surface area (Å²) < 4.78 is 17.8. The zero-order valence-corrected chi connectivity index (χ0v) is 11.4. The third kappa shape index (κ3) is 2.44. The second kappa shape index (κ2) is 5.29. The normalized spacial score (nSPS) is 20.9. The number of nitro groups is 1. The molecular weight excluding hydrogens is 282 g/mol. The van der Waals surface area contributed by atoms with E-state index in [-0.39, 0.29) is 16.2 Å². The van der Waals surface area contributed by atoms with Crippen molar-refractivity contribution < 1.29 is 13.5 Å². The lowest BCUT2D eigenvalue weighted by Gasteiger charge is -2.20. The number of benzene rings is 1. The Morgan fingerprint density at radius 1 is 1.50 bits per heavy atom. The number of nitro benzene ring substituents is 1. The van der Waals surface area contributed by atoms with E-state index in [0.29, 0.717) is 17.6 Å². The second-order valence-electron chi connectivity index (χ2n) is 4.65. The number of nitrogens with one attached hydrogen (secondary N) is 1. The molecule has 3 rings (SSSR count). The van der Waals surface area contributed by atoms with Crippen molar-refractivity contribution in [1.29, 1.82) is 0 Å². The van der Waals surface area contributed by atoms with Crippen LogP contribution in [0.2, 0.25) is 0 Å². The van der Waals surface area contributed by atoms with Crippen LogP contribution in [0, 0.1) is 10.1 Å². The lowest BCUT2D eigenvalue weighted by Crippen LogP contribution is -2.36. The van der Waals surface area contributed by atoms with E-state index in [9.17, 15) is 14.3 Å². The summed E-state index contributed by atoms with van der Waals surface area (Å²) in [6.45, 7) is 1.61. The fourth-order valence-electron chi connectivity index (χ4n) is 2.24. The molecule has 1 fully saturated rings. The van der Waals surface area contributed by atoms with Gasteiger partial charge in [0.2, 0.25) is 0 Å². The van der Waals surface area contributed by atoms with Gasteiger partial charge in [-0.05, 0) is 25.5 Å². The highest BCUT2D eigenvalue weighted by Gasteiger charge is 2.25. The molecule has 2 heterocycles. The van der Waals surface area contributed by atoms with Crippen LogP contribution in [0.15, 0.2) is 27.8 Å². The Kier molecular flexibility index (Phi) is 3.49. The van der Waals surface area contributed by atoms with Crippen LogP contribution in [0.25, 0.3) is 11.1 Å². The standard InChI is InChI=1S/C12H13N3O4S/c16-15(17)8-3-4-11-10(6-8)14-12(19-11)20(18)9-2-1-5-13-7-9/h3-4,6,9,13H,1-2,5,7H2/t9-,20+/m1/s1. The molecule has 1 aromatic carbocycles. The maximum atomic E-state index is 12.4. The van der Waals surface area contributed by atoms with Crippen molar-refractivity contribution in [2.24, 2.45) is 0 Å². The molecule has 1 aliphatic heterocycles. The number of rotatable bonds is 3. The molecule has 7 nitrogen and oxygen atoms in total. The van der Waals surface area contributed by atoms with Gasteiger partial charge in [-0.1, -0.05) is 0 Å². The quantitative estimate of drug-likeness (QED) is 0.682. The smallest absolute Gasteiger partial charge is 0.288 e. The Labute approximate surface area is 117 Å². The summed E-state index contributed by atoms with van der Waals surface area (Å²) in [6, 6.07) is 4.17. The Morgan fingerprint density at radius 2 is 2.35 bits per heavy atom. The number of hydrogen-bond acceptors (Lipinski definition) is 6. The zero-order valence-electron chi connectivity index (χ0n) is 10.6. The average molecular weight is 295 g/mol. The summed E-state index contributed by atoms with van der Waals surface area (Å²) in [5.41, 5.74) is 0.733. The summed E-state index contributed by atoms with van der Waals surface area (Å²) in [5.74, 6) is 0. The van der Waals surface area contributed by atoms with Gasteiger partial charge >= 0.3 is 0 Å². The van der Waals surface area contributed by atoms with Crippen molar-refractivity contribution in [3.63, 3.8) is 0 Å². The van der Waals surface area contributed by atoms with Crippen LogP contribution < -0.4 is 5.32 Å². The fourth-order valence-corrected chi connectivity index (χ4v) is 3.53. The van der Waals surface area contributed by atoms with Gasteiger partial charge in [0.1, 0.15) is 16.3 Å². The lowest BCUT2D eigenvalue weighted by molar-refractivity contribution is -0.384. The van der Waals surface area contributed by atoms with Crippen molar-refractivity contribution in [3.05, 3.63) is 28.3 Å². The number of hydrogen-bond donors (Lipinski definition) is 1. The third-order valence-electron chi connectivity index (χ3n) is 3.29. The minimum atomic E-state index is -1.33. The molecule has 20 heavy (non-hydrogen) atoms. The summed E-state index contributed by atoms with van der Waals surface area (Å²) in [6.07, 6.45) is 1.83. The van der Waals surface area contributed by atoms with Crippen molar-refractivity contribution in [2.75, 3.05) is 13.1 Å². The van der Waals surface area contributed by atoms with E-state index in [4.69, 9.17) is 4.42 Å². The first-order valence-corrected chi connectivity index (χ1v) is 7.53.